The summed E-state index contributed by atoms with van der Waals surface area (Å²) in [5.41, 5.74) is 3.07. The maximum Gasteiger partial charge on any atom is 0.335 e. The van der Waals surface area contributed by atoms with E-state index in [2.05, 4.69) is 5.32 Å². The maximum atomic E-state index is 12.0. The van der Waals surface area contributed by atoms with Gasteiger partial charge >= 0.3 is 5.97 Å². The first kappa shape index (κ1) is 12.4. The van der Waals surface area contributed by atoms with E-state index in [4.69, 9.17) is 5.11 Å². The molecule has 4 heteroatoms. The first-order chi connectivity index (χ1) is 9.65. The van der Waals surface area contributed by atoms with Gasteiger partial charge in [0.1, 0.15) is 0 Å². The minimum Gasteiger partial charge on any atom is -0.478 e. The molecule has 2 aromatic rings. The third-order valence-electron chi connectivity index (χ3n) is 3.55. The number of hydrogen-bond acceptors (Lipinski definition) is 2. The molecule has 100 valence electrons. The second-order valence-corrected chi connectivity index (χ2v) is 4.84. The number of nitrogens with one attached hydrogen (secondary N) is 1. The Kier molecular flexibility index (Phi) is 2.99. The van der Waals surface area contributed by atoms with Crippen molar-refractivity contribution in [2.75, 3.05) is 5.32 Å². The fourth-order valence-electron chi connectivity index (χ4n) is 2.50. The standard InChI is InChI=1S/C16H13NO3/c18-15-13(12-3-1-2-4-14(12)17-15)9-10-5-7-11(8-6-10)16(19)20/h1-8,13H,9H2,(H,17,18)(H,19,20)/t13-/m1/s1. The van der Waals surface area contributed by atoms with Gasteiger partial charge in [0.25, 0.3) is 0 Å². The zero-order valence-electron chi connectivity index (χ0n) is 10.7. The molecule has 0 aliphatic carbocycles. The van der Waals surface area contributed by atoms with Gasteiger partial charge in [-0.2, -0.15) is 0 Å². The highest BCUT2D eigenvalue weighted by Crippen LogP contribution is 2.34. The van der Waals surface area contributed by atoms with E-state index in [9.17, 15) is 9.59 Å². The van der Waals surface area contributed by atoms with Crippen molar-refractivity contribution in [2.24, 2.45) is 0 Å². The summed E-state index contributed by atoms with van der Waals surface area (Å²) >= 11 is 0. The van der Waals surface area contributed by atoms with Gasteiger partial charge < -0.3 is 10.4 Å². The molecule has 4 nitrogen and oxygen atoms in total. The predicted octanol–water partition coefficient (Wildman–Crippen LogP) is 2.66. The fourth-order valence-corrected chi connectivity index (χ4v) is 2.50. The average Bonchev–Trinajstić information content (AvgIpc) is 2.76. The summed E-state index contributed by atoms with van der Waals surface area (Å²) in [4.78, 5) is 22.8. The summed E-state index contributed by atoms with van der Waals surface area (Å²) in [7, 11) is 0. The van der Waals surface area contributed by atoms with Crippen LogP contribution in [0.5, 0.6) is 0 Å². The first-order valence-corrected chi connectivity index (χ1v) is 6.37. The Labute approximate surface area is 116 Å². The highest BCUT2D eigenvalue weighted by molar-refractivity contribution is 6.03. The number of para-hydroxylation sites is 1. The lowest BCUT2D eigenvalue weighted by Gasteiger charge is -2.09. The van der Waals surface area contributed by atoms with Crippen LogP contribution in [0.3, 0.4) is 0 Å². The van der Waals surface area contributed by atoms with Crippen LogP contribution in [-0.2, 0) is 11.2 Å². The Hall–Kier alpha value is -2.62. The number of benzene rings is 2. The van der Waals surface area contributed by atoms with Crippen LogP contribution in [0.4, 0.5) is 5.69 Å². The van der Waals surface area contributed by atoms with Crippen molar-refractivity contribution < 1.29 is 14.7 Å². The van der Waals surface area contributed by atoms with Crippen LogP contribution in [0.2, 0.25) is 0 Å². The van der Waals surface area contributed by atoms with Crippen molar-refractivity contribution in [2.45, 2.75) is 12.3 Å². The quantitative estimate of drug-likeness (QED) is 0.898. The lowest BCUT2D eigenvalue weighted by Crippen LogP contribution is -2.14. The minimum atomic E-state index is -0.944. The van der Waals surface area contributed by atoms with E-state index >= 15 is 0 Å². The first-order valence-electron chi connectivity index (χ1n) is 6.37. The molecule has 1 amide bonds. The van der Waals surface area contributed by atoms with Crippen LogP contribution in [0.15, 0.2) is 48.5 Å². The third kappa shape index (κ3) is 2.16. The van der Waals surface area contributed by atoms with Gasteiger partial charge in [-0.15, -0.1) is 0 Å². The number of anilines is 1. The SMILES string of the molecule is O=C(O)c1ccc(C[C@H]2C(=O)Nc3ccccc32)cc1. The molecule has 0 bridgehead atoms. The second kappa shape index (κ2) is 4.81. The van der Waals surface area contributed by atoms with Crippen LogP contribution >= 0.6 is 0 Å². The molecule has 3 rings (SSSR count). The maximum absolute atomic E-state index is 12.0. The van der Waals surface area contributed by atoms with Crippen molar-refractivity contribution in [1.82, 2.24) is 0 Å². The van der Waals surface area contributed by atoms with Gasteiger partial charge in [0, 0.05) is 5.69 Å². The Morgan fingerprint density at radius 1 is 1.10 bits per heavy atom. The molecule has 0 fully saturated rings. The van der Waals surface area contributed by atoms with Crippen LogP contribution in [0.1, 0.15) is 27.4 Å². The molecule has 0 unspecified atom stereocenters. The lowest BCUT2D eigenvalue weighted by atomic mass is 9.93. The number of carbonyl (C=O) groups excluding carboxylic acids is 1. The fraction of sp³-hybridized carbons (Fsp3) is 0.125. The molecule has 1 atom stereocenters. The number of hydrogen-bond donors (Lipinski definition) is 2. The molecular formula is C16H13NO3. The Morgan fingerprint density at radius 2 is 1.80 bits per heavy atom. The zero-order valence-corrected chi connectivity index (χ0v) is 10.7. The third-order valence-corrected chi connectivity index (χ3v) is 3.55. The van der Waals surface area contributed by atoms with Crippen molar-refractivity contribution in [1.29, 1.82) is 0 Å². The van der Waals surface area contributed by atoms with E-state index in [-0.39, 0.29) is 17.4 Å². The Morgan fingerprint density at radius 3 is 2.50 bits per heavy atom. The van der Waals surface area contributed by atoms with E-state index in [1.165, 1.54) is 0 Å². The molecule has 0 saturated carbocycles. The summed E-state index contributed by atoms with van der Waals surface area (Å²) in [5.74, 6) is -1.16. The van der Waals surface area contributed by atoms with Gasteiger partial charge in [0.15, 0.2) is 0 Å². The predicted molar refractivity (Wildman–Crippen MR) is 74.9 cm³/mol. The van der Waals surface area contributed by atoms with E-state index < -0.39 is 5.97 Å². The molecular weight excluding hydrogens is 254 g/mol. The topological polar surface area (TPSA) is 66.4 Å². The smallest absolute Gasteiger partial charge is 0.335 e. The van der Waals surface area contributed by atoms with E-state index in [0.717, 1.165) is 16.8 Å². The van der Waals surface area contributed by atoms with Gasteiger partial charge in [-0.1, -0.05) is 30.3 Å². The minimum absolute atomic E-state index is 0.00601. The second-order valence-electron chi connectivity index (χ2n) is 4.84. The number of carboxylic acids is 1. The average molecular weight is 267 g/mol. The van der Waals surface area contributed by atoms with E-state index in [1.807, 2.05) is 24.3 Å². The van der Waals surface area contributed by atoms with Crippen molar-refractivity contribution in [3.8, 4) is 0 Å². The van der Waals surface area contributed by atoms with E-state index in [1.54, 1.807) is 24.3 Å². The highest BCUT2D eigenvalue weighted by atomic mass is 16.4. The number of rotatable bonds is 3. The normalized spacial score (nSPS) is 16.6. The molecule has 2 aromatic carbocycles. The number of amides is 1. The van der Waals surface area contributed by atoms with Gasteiger partial charge in [0.2, 0.25) is 5.91 Å². The van der Waals surface area contributed by atoms with Crippen LogP contribution in [-0.4, -0.2) is 17.0 Å². The molecule has 1 aliphatic rings. The number of carboxylic acid groups (broad SMARTS) is 1. The van der Waals surface area contributed by atoms with Gasteiger partial charge in [-0.05, 0) is 35.7 Å². The van der Waals surface area contributed by atoms with Crippen molar-refractivity contribution >= 4 is 17.6 Å². The Bertz CT molecular complexity index is 676. The van der Waals surface area contributed by atoms with Crippen molar-refractivity contribution in [3.05, 3.63) is 65.2 Å². The molecule has 0 aromatic heterocycles. The monoisotopic (exact) mass is 267 g/mol. The summed E-state index contributed by atoms with van der Waals surface area (Å²) in [5, 5.41) is 11.7. The van der Waals surface area contributed by atoms with Gasteiger partial charge in [-0.25, -0.2) is 4.79 Å². The number of carbonyl (C=O) groups is 2. The van der Waals surface area contributed by atoms with Crippen LogP contribution < -0.4 is 5.32 Å². The molecule has 2 N–H and O–H groups in total. The number of fused-ring (bicyclic) bond motifs is 1. The van der Waals surface area contributed by atoms with Crippen LogP contribution in [0, 0.1) is 0 Å². The lowest BCUT2D eigenvalue weighted by molar-refractivity contribution is -0.117. The number of aromatic carboxylic acids is 1. The molecule has 1 aliphatic heterocycles. The molecule has 0 spiro atoms. The van der Waals surface area contributed by atoms with Gasteiger partial charge in [0.05, 0.1) is 11.5 Å². The summed E-state index contributed by atoms with van der Waals surface area (Å²) in [6.07, 6.45) is 0.572. The highest BCUT2D eigenvalue weighted by Gasteiger charge is 2.29. The summed E-state index contributed by atoms with van der Waals surface area (Å²) in [6.45, 7) is 0. The molecule has 0 radical (unpaired) electrons. The summed E-state index contributed by atoms with van der Waals surface area (Å²) in [6, 6.07) is 14.3. The summed E-state index contributed by atoms with van der Waals surface area (Å²) < 4.78 is 0. The largest absolute Gasteiger partial charge is 0.478 e. The van der Waals surface area contributed by atoms with Crippen LogP contribution in [0.25, 0.3) is 0 Å². The van der Waals surface area contributed by atoms with Crippen molar-refractivity contribution in [3.63, 3.8) is 0 Å². The van der Waals surface area contributed by atoms with E-state index in [0.29, 0.717) is 6.42 Å². The molecule has 1 heterocycles. The molecule has 20 heavy (non-hydrogen) atoms. The zero-order chi connectivity index (χ0) is 14.1. The molecule has 0 saturated heterocycles. The van der Waals surface area contributed by atoms with Gasteiger partial charge in [-0.3, -0.25) is 4.79 Å². The Balaban J connectivity index is 1.84.